The number of rotatable bonds is 5. The molecule has 1 N–H and O–H groups in total. The number of hydrogen-bond acceptors (Lipinski definition) is 4. The van der Waals surface area contributed by atoms with E-state index in [4.69, 9.17) is 4.74 Å². The van der Waals surface area contributed by atoms with E-state index in [1.807, 2.05) is 36.2 Å². The van der Waals surface area contributed by atoms with Crippen molar-refractivity contribution in [2.24, 2.45) is 0 Å². The quantitative estimate of drug-likeness (QED) is 0.906. The molecule has 2 atom stereocenters. The summed E-state index contributed by atoms with van der Waals surface area (Å²) in [6.07, 6.45) is 2.58. The Bertz CT molecular complexity index is 467. The molecule has 1 aliphatic rings. The van der Waals surface area contributed by atoms with E-state index in [0.717, 1.165) is 23.6 Å². The van der Waals surface area contributed by atoms with E-state index in [9.17, 15) is 4.79 Å². The number of amides is 1. The van der Waals surface area contributed by atoms with Crippen molar-refractivity contribution in [1.82, 2.24) is 4.90 Å². The van der Waals surface area contributed by atoms with Gasteiger partial charge in [0.15, 0.2) is 6.10 Å². The third-order valence-electron chi connectivity index (χ3n) is 3.64. The monoisotopic (exact) mass is 294 g/mol. The summed E-state index contributed by atoms with van der Waals surface area (Å²) in [6, 6.07) is 7.98. The molecular weight excluding hydrogens is 272 g/mol. The van der Waals surface area contributed by atoms with Gasteiger partial charge < -0.3 is 15.0 Å². The van der Waals surface area contributed by atoms with E-state index in [1.165, 1.54) is 0 Å². The summed E-state index contributed by atoms with van der Waals surface area (Å²) in [5.74, 6) is 1.76. The van der Waals surface area contributed by atoms with Crippen LogP contribution in [0.5, 0.6) is 5.75 Å². The van der Waals surface area contributed by atoms with Crippen molar-refractivity contribution >= 4 is 23.4 Å². The van der Waals surface area contributed by atoms with E-state index in [0.29, 0.717) is 6.54 Å². The third kappa shape index (κ3) is 3.20. The zero-order chi connectivity index (χ0) is 14.5. The van der Waals surface area contributed by atoms with E-state index < -0.39 is 6.10 Å². The number of ether oxygens (including phenoxy) is 1. The van der Waals surface area contributed by atoms with Crippen LogP contribution >= 0.6 is 11.8 Å². The molecular formula is C15H22N2O2S. The zero-order valence-electron chi connectivity index (χ0n) is 12.3. The Balaban J connectivity index is 2.04. The molecule has 2 unspecified atom stereocenters. The summed E-state index contributed by atoms with van der Waals surface area (Å²) in [5.41, 5.74) is 0.954. The Labute approximate surface area is 124 Å². The predicted molar refractivity (Wildman–Crippen MR) is 84.6 cm³/mol. The van der Waals surface area contributed by atoms with Crippen LogP contribution in [0, 0.1) is 0 Å². The normalized spacial score (nSPS) is 18.4. The maximum atomic E-state index is 12.5. The lowest BCUT2D eigenvalue weighted by molar-refractivity contribution is -0.138. The standard InChI is InChI=1S/C15H22N2O2S/c1-4-11(10-20-3)17(2)15(18)14-9-16-12-7-5-6-8-13(12)19-14/h5-8,11,14,16H,4,9-10H2,1-3H3. The van der Waals surface area contributed by atoms with Gasteiger partial charge in [0.1, 0.15) is 5.75 Å². The first-order valence-corrected chi connectivity index (χ1v) is 8.32. The molecule has 0 radical (unpaired) electrons. The van der Waals surface area contributed by atoms with Crippen LogP contribution in [0.3, 0.4) is 0 Å². The molecule has 0 spiro atoms. The van der Waals surface area contributed by atoms with Crippen molar-refractivity contribution in [3.05, 3.63) is 24.3 Å². The van der Waals surface area contributed by atoms with E-state index in [2.05, 4.69) is 18.5 Å². The van der Waals surface area contributed by atoms with Gasteiger partial charge in [-0.05, 0) is 24.8 Å². The molecule has 20 heavy (non-hydrogen) atoms. The van der Waals surface area contributed by atoms with Gasteiger partial charge >= 0.3 is 0 Å². The molecule has 5 heteroatoms. The van der Waals surface area contributed by atoms with Gasteiger partial charge in [-0.2, -0.15) is 11.8 Å². The Morgan fingerprint density at radius 2 is 2.30 bits per heavy atom. The molecule has 110 valence electrons. The van der Waals surface area contributed by atoms with Gasteiger partial charge in [0.25, 0.3) is 5.91 Å². The van der Waals surface area contributed by atoms with Gasteiger partial charge in [-0.25, -0.2) is 0 Å². The number of thioether (sulfide) groups is 1. The van der Waals surface area contributed by atoms with Gasteiger partial charge in [-0.1, -0.05) is 19.1 Å². The lowest BCUT2D eigenvalue weighted by Crippen LogP contribution is -2.49. The predicted octanol–water partition coefficient (Wildman–Crippen LogP) is 2.46. The molecule has 0 saturated heterocycles. The number of fused-ring (bicyclic) bond motifs is 1. The number of hydrogen-bond donors (Lipinski definition) is 1. The number of carbonyl (C=O) groups is 1. The number of nitrogens with zero attached hydrogens (tertiary/aromatic N) is 1. The van der Waals surface area contributed by atoms with Crippen molar-refractivity contribution in [2.75, 3.05) is 30.9 Å². The van der Waals surface area contributed by atoms with Crippen LogP contribution in [0.15, 0.2) is 24.3 Å². The Hall–Kier alpha value is -1.36. The third-order valence-corrected chi connectivity index (χ3v) is 4.35. The van der Waals surface area contributed by atoms with Crippen LogP contribution in [0.2, 0.25) is 0 Å². The summed E-state index contributed by atoms with van der Waals surface area (Å²) in [5, 5.41) is 3.26. The number of likely N-dealkylation sites (N-methyl/N-ethyl adjacent to an activating group) is 1. The topological polar surface area (TPSA) is 41.6 Å². The minimum absolute atomic E-state index is 0.0490. The maximum Gasteiger partial charge on any atom is 0.265 e. The SMILES string of the molecule is CCC(CSC)N(C)C(=O)C1CNc2ccccc2O1. The van der Waals surface area contributed by atoms with Gasteiger partial charge in [-0.3, -0.25) is 4.79 Å². The molecule has 1 aliphatic heterocycles. The van der Waals surface area contributed by atoms with Crippen molar-refractivity contribution in [3.8, 4) is 5.75 Å². The first-order valence-electron chi connectivity index (χ1n) is 6.92. The van der Waals surface area contributed by atoms with Crippen LogP contribution in [-0.2, 0) is 4.79 Å². The molecule has 4 nitrogen and oxygen atoms in total. The lowest BCUT2D eigenvalue weighted by Gasteiger charge is -2.33. The molecule has 2 rings (SSSR count). The number of carbonyl (C=O) groups excluding carboxylic acids is 1. The van der Waals surface area contributed by atoms with Crippen molar-refractivity contribution in [2.45, 2.75) is 25.5 Å². The van der Waals surface area contributed by atoms with Crippen LogP contribution in [0.4, 0.5) is 5.69 Å². The lowest BCUT2D eigenvalue weighted by atomic mass is 10.1. The fourth-order valence-corrected chi connectivity index (χ4v) is 3.20. The highest BCUT2D eigenvalue weighted by molar-refractivity contribution is 7.98. The maximum absolute atomic E-state index is 12.5. The molecule has 1 heterocycles. The second-order valence-electron chi connectivity index (χ2n) is 4.95. The van der Waals surface area contributed by atoms with Crippen molar-refractivity contribution < 1.29 is 9.53 Å². The second kappa shape index (κ2) is 6.88. The van der Waals surface area contributed by atoms with Crippen LogP contribution < -0.4 is 10.1 Å². The zero-order valence-corrected chi connectivity index (χ0v) is 13.1. The van der Waals surface area contributed by atoms with Gasteiger partial charge in [0, 0.05) is 18.8 Å². The highest BCUT2D eigenvalue weighted by Crippen LogP contribution is 2.28. The Morgan fingerprint density at radius 3 is 3.00 bits per heavy atom. The van der Waals surface area contributed by atoms with Crippen LogP contribution in [0.1, 0.15) is 13.3 Å². The summed E-state index contributed by atoms with van der Waals surface area (Å²) in [7, 11) is 1.87. The summed E-state index contributed by atoms with van der Waals surface area (Å²) in [4.78, 5) is 14.4. The number of anilines is 1. The molecule has 1 aromatic carbocycles. The molecule has 1 aromatic rings. The van der Waals surface area contributed by atoms with Gasteiger partial charge in [0.2, 0.25) is 0 Å². The van der Waals surface area contributed by atoms with Gasteiger partial charge in [0.05, 0.1) is 12.2 Å². The minimum Gasteiger partial charge on any atom is -0.477 e. The molecule has 0 aliphatic carbocycles. The first kappa shape index (κ1) is 15.0. The van der Waals surface area contributed by atoms with Crippen LogP contribution in [0.25, 0.3) is 0 Å². The molecule has 0 fully saturated rings. The van der Waals surface area contributed by atoms with Crippen molar-refractivity contribution in [3.63, 3.8) is 0 Å². The summed E-state index contributed by atoms with van der Waals surface area (Å²) >= 11 is 1.76. The second-order valence-corrected chi connectivity index (χ2v) is 5.86. The Morgan fingerprint density at radius 1 is 1.55 bits per heavy atom. The van der Waals surface area contributed by atoms with Gasteiger partial charge in [-0.15, -0.1) is 0 Å². The minimum atomic E-state index is -0.439. The molecule has 0 bridgehead atoms. The fraction of sp³-hybridized carbons (Fsp3) is 0.533. The molecule has 0 saturated carbocycles. The van der Waals surface area contributed by atoms with E-state index in [1.54, 1.807) is 11.8 Å². The first-order chi connectivity index (χ1) is 9.67. The van der Waals surface area contributed by atoms with E-state index in [-0.39, 0.29) is 11.9 Å². The number of benzene rings is 1. The average molecular weight is 294 g/mol. The molecule has 1 amide bonds. The molecule has 0 aromatic heterocycles. The highest BCUT2D eigenvalue weighted by Gasteiger charge is 2.30. The van der Waals surface area contributed by atoms with E-state index >= 15 is 0 Å². The van der Waals surface area contributed by atoms with Crippen LogP contribution in [-0.4, -0.2) is 48.6 Å². The number of para-hydroxylation sites is 2. The average Bonchev–Trinajstić information content (AvgIpc) is 2.50. The largest absolute Gasteiger partial charge is 0.477 e. The smallest absolute Gasteiger partial charge is 0.265 e. The summed E-state index contributed by atoms with van der Waals surface area (Å²) < 4.78 is 5.83. The number of nitrogens with one attached hydrogen (secondary N) is 1. The Kier molecular flexibility index (Phi) is 5.17. The highest BCUT2D eigenvalue weighted by atomic mass is 32.2. The van der Waals surface area contributed by atoms with Crippen molar-refractivity contribution in [1.29, 1.82) is 0 Å². The summed E-state index contributed by atoms with van der Waals surface area (Å²) in [6.45, 7) is 2.63. The fourth-order valence-electron chi connectivity index (χ4n) is 2.35.